The van der Waals surface area contributed by atoms with Crippen molar-refractivity contribution in [3.05, 3.63) is 35.4 Å². The smallest absolute Gasteiger partial charge is 0.191 e. The van der Waals surface area contributed by atoms with E-state index in [0.29, 0.717) is 17.9 Å². The van der Waals surface area contributed by atoms with Gasteiger partial charge in [0.2, 0.25) is 0 Å². The third-order valence-electron chi connectivity index (χ3n) is 4.80. The van der Waals surface area contributed by atoms with Crippen molar-refractivity contribution in [2.24, 2.45) is 4.99 Å². The summed E-state index contributed by atoms with van der Waals surface area (Å²) >= 11 is 0. The van der Waals surface area contributed by atoms with Gasteiger partial charge in [-0.25, -0.2) is 0 Å². The average Bonchev–Trinajstić information content (AvgIpc) is 2.69. The van der Waals surface area contributed by atoms with Crippen LogP contribution in [0.1, 0.15) is 50.7 Å². The Balaban J connectivity index is 0.00000364. The molecule has 0 aromatic heterocycles. The number of halogens is 1. The molecule has 0 aliphatic heterocycles. The number of aliphatic imine (C=N–C) groups is 1. The third kappa shape index (κ3) is 8.48. The molecule has 2 N–H and O–H groups in total. The first-order valence-electron chi connectivity index (χ1n) is 9.66. The highest BCUT2D eigenvalue weighted by Gasteiger charge is 2.25. The summed E-state index contributed by atoms with van der Waals surface area (Å²) < 4.78 is 17.5. The summed E-state index contributed by atoms with van der Waals surface area (Å²) in [5.41, 5.74) is 2.40. The van der Waals surface area contributed by atoms with Gasteiger partial charge in [0, 0.05) is 48.0 Å². The van der Waals surface area contributed by atoms with Gasteiger partial charge in [0.15, 0.2) is 5.96 Å². The predicted octanol–water partition coefficient (Wildman–Crippen LogP) is 3.59. The molecule has 1 aliphatic rings. The van der Waals surface area contributed by atoms with Gasteiger partial charge in [-0.3, -0.25) is 9.20 Å². The fourth-order valence-electron chi connectivity index (χ4n) is 3.30. The zero-order valence-corrected chi connectivity index (χ0v) is 19.8. The van der Waals surface area contributed by atoms with E-state index in [1.165, 1.54) is 11.1 Å². The summed E-state index contributed by atoms with van der Waals surface area (Å²) in [6.45, 7) is 6.14. The van der Waals surface area contributed by atoms with Crippen molar-refractivity contribution >= 4 is 40.7 Å². The van der Waals surface area contributed by atoms with Gasteiger partial charge in [0.1, 0.15) is 0 Å². The highest BCUT2D eigenvalue weighted by atomic mass is 127. The second kappa shape index (κ2) is 13.5. The van der Waals surface area contributed by atoms with Crippen LogP contribution in [0, 0.1) is 0 Å². The van der Waals surface area contributed by atoms with Crippen LogP contribution in [-0.4, -0.2) is 40.9 Å². The summed E-state index contributed by atoms with van der Waals surface area (Å²) in [5, 5.41) is 7.22. The second-order valence-corrected chi connectivity index (χ2v) is 8.68. The molecular formula is C20H34IN3O2S. The minimum absolute atomic E-state index is 0. The molecule has 1 aromatic rings. The van der Waals surface area contributed by atoms with Gasteiger partial charge in [-0.1, -0.05) is 37.6 Å². The lowest BCUT2D eigenvalue weighted by atomic mass is 9.95. The Hall–Kier alpha value is -0.670. The van der Waals surface area contributed by atoms with Crippen LogP contribution in [0.15, 0.2) is 29.3 Å². The number of ether oxygens (including phenoxy) is 1. The Labute approximate surface area is 183 Å². The highest BCUT2D eigenvalue weighted by molar-refractivity contribution is 14.0. The van der Waals surface area contributed by atoms with E-state index in [-0.39, 0.29) is 24.0 Å². The lowest BCUT2D eigenvalue weighted by Crippen LogP contribution is -2.46. The number of hydrogen-bond donors (Lipinski definition) is 2. The first-order valence-corrected chi connectivity index (χ1v) is 11.0. The van der Waals surface area contributed by atoms with Gasteiger partial charge in [-0.05, 0) is 37.3 Å². The normalized spacial score (nSPS) is 21.2. The summed E-state index contributed by atoms with van der Waals surface area (Å²) in [5.74, 6) is 1.57. The number of hydrogen-bond acceptors (Lipinski definition) is 3. The average molecular weight is 507 g/mol. The maximum atomic E-state index is 12.1. The van der Waals surface area contributed by atoms with Crippen LogP contribution in [0.2, 0.25) is 0 Å². The molecule has 0 saturated heterocycles. The molecule has 27 heavy (non-hydrogen) atoms. The number of rotatable bonds is 8. The number of nitrogens with zero attached hydrogens (tertiary/aromatic N) is 1. The van der Waals surface area contributed by atoms with E-state index in [1.54, 1.807) is 7.05 Å². The highest BCUT2D eigenvalue weighted by Crippen LogP contribution is 2.23. The molecule has 3 unspecified atom stereocenters. The Morgan fingerprint density at radius 1 is 1.22 bits per heavy atom. The van der Waals surface area contributed by atoms with Gasteiger partial charge in [-0.2, -0.15) is 0 Å². The summed E-state index contributed by atoms with van der Waals surface area (Å²) in [6, 6.07) is 8.80. The fourth-order valence-corrected chi connectivity index (χ4v) is 4.65. The van der Waals surface area contributed by atoms with Crippen molar-refractivity contribution in [3.8, 4) is 0 Å². The van der Waals surface area contributed by atoms with E-state index in [1.807, 2.05) is 13.8 Å². The maximum absolute atomic E-state index is 12.1. The first kappa shape index (κ1) is 24.4. The van der Waals surface area contributed by atoms with Gasteiger partial charge >= 0.3 is 0 Å². The van der Waals surface area contributed by atoms with Gasteiger partial charge in [0.25, 0.3) is 0 Å². The molecule has 154 valence electrons. The SMILES string of the molecule is CCOCc1ccc(CNC(=NC)NC2CCCC(S(=O)CC)C2)cc1.I. The molecule has 0 bridgehead atoms. The molecule has 7 heteroatoms. The molecular weight excluding hydrogens is 473 g/mol. The zero-order valence-electron chi connectivity index (χ0n) is 16.7. The predicted molar refractivity (Wildman–Crippen MR) is 125 cm³/mol. The lowest BCUT2D eigenvalue weighted by molar-refractivity contribution is 0.134. The van der Waals surface area contributed by atoms with Crippen molar-refractivity contribution in [1.29, 1.82) is 0 Å². The zero-order chi connectivity index (χ0) is 18.8. The summed E-state index contributed by atoms with van der Waals surface area (Å²) in [6.07, 6.45) is 4.29. The molecule has 2 rings (SSSR count). The van der Waals surface area contributed by atoms with Crippen LogP contribution >= 0.6 is 24.0 Å². The monoisotopic (exact) mass is 507 g/mol. The number of benzene rings is 1. The van der Waals surface area contributed by atoms with Crippen molar-refractivity contribution in [3.63, 3.8) is 0 Å². The minimum atomic E-state index is -0.700. The molecule has 0 amide bonds. The van der Waals surface area contributed by atoms with Crippen LogP contribution in [0.25, 0.3) is 0 Å². The molecule has 3 atom stereocenters. The van der Waals surface area contributed by atoms with Gasteiger partial charge in [0.05, 0.1) is 6.61 Å². The maximum Gasteiger partial charge on any atom is 0.191 e. The van der Waals surface area contributed by atoms with Crippen LogP contribution in [0.5, 0.6) is 0 Å². The van der Waals surface area contributed by atoms with Crippen molar-refractivity contribution < 1.29 is 8.95 Å². The Morgan fingerprint density at radius 3 is 2.56 bits per heavy atom. The van der Waals surface area contributed by atoms with Gasteiger partial charge < -0.3 is 15.4 Å². The largest absolute Gasteiger partial charge is 0.377 e. The third-order valence-corrected chi connectivity index (χ3v) is 6.54. The Kier molecular flexibility index (Phi) is 12.2. The molecule has 0 radical (unpaired) electrons. The molecule has 1 fully saturated rings. The van der Waals surface area contributed by atoms with Crippen LogP contribution in [-0.2, 0) is 28.7 Å². The summed E-state index contributed by atoms with van der Waals surface area (Å²) in [7, 11) is 1.10. The van der Waals surface area contributed by atoms with Crippen LogP contribution in [0.3, 0.4) is 0 Å². The van der Waals surface area contributed by atoms with E-state index in [9.17, 15) is 4.21 Å². The quantitative estimate of drug-likeness (QED) is 0.321. The van der Waals surface area contributed by atoms with E-state index >= 15 is 0 Å². The van der Waals surface area contributed by atoms with Crippen molar-refractivity contribution in [2.45, 2.75) is 64.0 Å². The van der Waals surface area contributed by atoms with Crippen molar-refractivity contribution in [2.75, 3.05) is 19.4 Å². The van der Waals surface area contributed by atoms with E-state index < -0.39 is 10.8 Å². The minimum Gasteiger partial charge on any atom is -0.377 e. The topological polar surface area (TPSA) is 62.7 Å². The molecule has 1 aromatic carbocycles. The molecule has 1 saturated carbocycles. The standard InChI is InChI=1S/C20H33N3O2S.HI/c1-4-25-15-17-11-9-16(10-12-17)14-22-20(21-3)23-18-7-6-8-19(13-18)26(24)5-2;/h9-12,18-19H,4-8,13-15H2,1-3H3,(H2,21,22,23);1H. The second-order valence-electron chi connectivity index (χ2n) is 6.68. The summed E-state index contributed by atoms with van der Waals surface area (Å²) in [4.78, 5) is 4.34. The Bertz CT molecular complexity index is 595. The van der Waals surface area contributed by atoms with Crippen molar-refractivity contribution in [1.82, 2.24) is 10.6 Å². The lowest BCUT2D eigenvalue weighted by Gasteiger charge is -2.30. The van der Waals surface area contributed by atoms with E-state index in [0.717, 1.165) is 50.5 Å². The molecule has 1 aliphatic carbocycles. The van der Waals surface area contributed by atoms with Crippen LogP contribution < -0.4 is 10.6 Å². The number of guanidine groups is 1. The molecule has 0 spiro atoms. The van der Waals surface area contributed by atoms with Crippen LogP contribution in [0.4, 0.5) is 0 Å². The van der Waals surface area contributed by atoms with E-state index in [2.05, 4.69) is 39.9 Å². The Morgan fingerprint density at radius 2 is 1.93 bits per heavy atom. The van der Waals surface area contributed by atoms with E-state index in [4.69, 9.17) is 4.74 Å². The molecule has 0 heterocycles. The van der Waals surface area contributed by atoms with Gasteiger partial charge in [-0.15, -0.1) is 24.0 Å². The number of nitrogens with one attached hydrogen (secondary N) is 2. The first-order chi connectivity index (χ1) is 12.7. The fraction of sp³-hybridized carbons (Fsp3) is 0.650. The molecule has 5 nitrogen and oxygen atoms in total.